The minimum atomic E-state index is -1.29. The lowest BCUT2D eigenvalue weighted by Crippen LogP contribution is -2.03. The molecule has 2 N–H and O–H groups in total. The molecule has 0 saturated heterocycles. The second-order valence-corrected chi connectivity index (χ2v) is 2.56. The number of aliphatic carboxylic acids is 2. The fraction of sp³-hybridized carbons (Fsp3) is 0.600. The van der Waals surface area contributed by atoms with Crippen molar-refractivity contribution >= 4 is 35.1 Å². The molecule has 0 bridgehead atoms. The highest BCUT2D eigenvalue weighted by molar-refractivity contribution is 6.52. The number of carboxylic acid groups (broad SMARTS) is 2. The highest BCUT2D eigenvalue weighted by atomic mass is 35.5. The van der Waals surface area contributed by atoms with Crippen LogP contribution in [0.25, 0.3) is 0 Å². The third-order valence-electron chi connectivity index (χ3n) is 0.454. The van der Waals surface area contributed by atoms with Crippen molar-refractivity contribution in [2.45, 2.75) is 4.84 Å². The second-order valence-electron chi connectivity index (χ2n) is 1.47. The molecule has 72 valence electrons. The fourth-order valence-electron chi connectivity index (χ4n) is 0.123. The number of hydrogen-bond donors (Lipinski definition) is 2. The maximum atomic E-state index is 9.47. The van der Waals surface area contributed by atoms with Crippen LogP contribution in [0.5, 0.6) is 0 Å². The van der Waals surface area contributed by atoms with Gasteiger partial charge in [-0.3, -0.25) is 0 Å². The van der Waals surface area contributed by atoms with Crippen molar-refractivity contribution in [3.8, 4) is 0 Å². The Morgan fingerprint density at radius 1 is 1.42 bits per heavy atom. The normalized spacial score (nSPS) is 8.67. The van der Waals surface area contributed by atoms with E-state index in [1.165, 1.54) is 7.11 Å². The van der Waals surface area contributed by atoms with Gasteiger partial charge in [0, 0.05) is 7.11 Å². The first-order valence-electron chi connectivity index (χ1n) is 2.63. The highest BCUT2D eigenvalue weighted by Crippen LogP contribution is 1.98. The standard InChI is InChI=1S/C3H6O3.C2H2Cl2O2/c1-6-2-3(4)5;3-1(4)2(5)6/h2H2,1H3,(H,4,5);1H,(H,5,6). The third-order valence-corrected chi connectivity index (χ3v) is 0.828. The van der Waals surface area contributed by atoms with Crippen LogP contribution in [0, 0.1) is 0 Å². The van der Waals surface area contributed by atoms with Crippen molar-refractivity contribution in [2.24, 2.45) is 0 Å². The molecule has 0 aliphatic rings. The first-order valence-corrected chi connectivity index (χ1v) is 3.50. The van der Waals surface area contributed by atoms with Gasteiger partial charge in [-0.2, -0.15) is 0 Å². The van der Waals surface area contributed by atoms with Gasteiger partial charge < -0.3 is 14.9 Å². The first kappa shape index (κ1) is 14.0. The summed E-state index contributed by atoms with van der Waals surface area (Å²) >= 11 is 9.56. The average Bonchev–Trinajstić information content (AvgIpc) is 1.87. The Labute approximate surface area is 78.8 Å². The van der Waals surface area contributed by atoms with Crippen LogP contribution in [0.2, 0.25) is 0 Å². The molecule has 0 aromatic heterocycles. The minimum absolute atomic E-state index is 0.208. The number of rotatable bonds is 3. The Kier molecular flexibility index (Phi) is 10.0. The molecular formula is C5H8Cl2O5. The highest BCUT2D eigenvalue weighted by Gasteiger charge is 2.05. The lowest BCUT2D eigenvalue weighted by atomic mass is 10.8. The quantitative estimate of drug-likeness (QED) is 0.678. The zero-order chi connectivity index (χ0) is 10.1. The summed E-state index contributed by atoms with van der Waals surface area (Å²) in [6, 6.07) is 0. The van der Waals surface area contributed by atoms with Crippen LogP contribution >= 0.6 is 23.2 Å². The molecule has 0 aromatic carbocycles. The summed E-state index contributed by atoms with van der Waals surface area (Å²) in [4.78, 5) is 17.6. The number of hydrogen-bond acceptors (Lipinski definition) is 3. The largest absolute Gasteiger partial charge is 0.480 e. The monoisotopic (exact) mass is 218 g/mol. The van der Waals surface area contributed by atoms with Gasteiger partial charge in [0.25, 0.3) is 0 Å². The van der Waals surface area contributed by atoms with E-state index in [0.29, 0.717) is 0 Å². The van der Waals surface area contributed by atoms with Crippen LogP contribution in [0.3, 0.4) is 0 Å². The van der Waals surface area contributed by atoms with E-state index in [-0.39, 0.29) is 6.61 Å². The van der Waals surface area contributed by atoms with Crippen LogP contribution in [0.1, 0.15) is 0 Å². The zero-order valence-electron chi connectivity index (χ0n) is 6.16. The van der Waals surface area contributed by atoms with Gasteiger partial charge in [0.2, 0.25) is 4.84 Å². The number of carboxylic acids is 2. The average molecular weight is 219 g/mol. The summed E-state index contributed by atoms with van der Waals surface area (Å²) in [6.45, 7) is -0.208. The van der Waals surface area contributed by atoms with Gasteiger partial charge in [-0.15, -0.1) is 0 Å². The summed E-state index contributed by atoms with van der Waals surface area (Å²) in [6.07, 6.45) is 0. The Morgan fingerprint density at radius 3 is 1.75 bits per heavy atom. The van der Waals surface area contributed by atoms with Crippen LogP contribution in [-0.2, 0) is 14.3 Å². The number of methoxy groups -OCH3 is 1. The van der Waals surface area contributed by atoms with Crippen molar-refractivity contribution in [3.05, 3.63) is 0 Å². The van der Waals surface area contributed by atoms with Crippen LogP contribution < -0.4 is 0 Å². The maximum absolute atomic E-state index is 9.47. The summed E-state index contributed by atoms with van der Waals surface area (Å²) in [5.41, 5.74) is 0. The number of halogens is 2. The Balaban J connectivity index is 0. The first-order chi connectivity index (χ1) is 5.41. The van der Waals surface area contributed by atoms with Gasteiger partial charge in [0.1, 0.15) is 6.61 Å². The predicted octanol–water partition coefficient (Wildman–Crippen LogP) is 0.592. The molecule has 0 aromatic rings. The Morgan fingerprint density at radius 2 is 1.75 bits per heavy atom. The smallest absolute Gasteiger partial charge is 0.337 e. The van der Waals surface area contributed by atoms with Gasteiger partial charge in [-0.05, 0) is 0 Å². The molecule has 0 rings (SSSR count). The van der Waals surface area contributed by atoms with Crippen molar-refractivity contribution in [1.82, 2.24) is 0 Å². The fourth-order valence-corrected chi connectivity index (χ4v) is 0.123. The predicted molar refractivity (Wildman–Crippen MR) is 42.6 cm³/mol. The molecule has 12 heavy (non-hydrogen) atoms. The summed E-state index contributed by atoms with van der Waals surface area (Å²) in [5.74, 6) is -2.14. The summed E-state index contributed by atoms with van der Waals surface area (Å²) in [5, 5.41) is 15.5. The second kappa shape index (κ2) is 8.58. The van der Waals surface area contributed by atoms with Crippen molar-refractivity contribution in [1.29, 1.82) is 0 Å². The molecule has 0 fully saturated rings. The van der Waals surface area contributed by atoms with E-state index in [9.17, 15) is 9.59 Å². The minimum Gasteiger partial charge on any atom is -0.480 e. The summed E-state index contributed by atoms with van der Waals surface area (Å²) in [7, 11) is 1.34. The summed E-state index contributed by atoms with van der Waals surface area (Å²) < 4.78 is 4.20. The molecule has 0 heterocycles. The molecule has 0 aliphatic carbocycles. The van der Waals surface area contributed by atoms with E-state index in [1.807, 2.05) is 0 Å². The Hall–Kier alpha value is -0.520. The van der Waals surface area contributed by atoms with Gasteiger partial charge >= 0.3 is 11.9 Å². The lowest BCUT2D eigenvalue weighted by molar-refractivity contribution is -0.141. The van der Waals surface area contributed by atoms with E-state index in [4.69, 9.17) is 33.4 Å². The van der Waals surface area contributed by atoms with Crippen molar-refractivity contribution < 1.29 is 24.5 Å². The van der Waals surface area contributed by atoms with Crippen molar-refractivity contribution in [2.75, 3.05) is 13.7 Å². The van der Waals surface area contributed by atoms with Gasteiger partial charge in [0.05, 0.1) is 0 Å². The van der Waals surface area contributed by atoms with Gasteiger partial charge in [-0.25, -0.2) is 9.59 Å². The molecule has 0 radical (unpaired) electrons. The molecule has 7 heteroatoms. The number of alkyl halides is 2. The van der Waals surface area contributed by atoms with E-state index in [1.54, 1.807) is 0 Å². The van der Waals surface area contributed by atoms with Gasteiger partial charge in [0.15, 0.2) is 0 Å². The molecule has 0 unspecified atom stereocenters. The molecule has 0 spiro atoms. The lowest BCUT2D eigenvalue weighted by Gasteiger charge is -1.84. The van der Waals surface area contributed by atoms with Crippen molar-refractivity contribution in [3.63, 3.8) is 0 Å². The molecular weight excluding hydrogens is 211 g/mol. The van der Waals surface area contributed by atoms with E-state index in [0.717, 1.165) is 0 Å². The zero-order valence-corrected chi connectivity index (χ0v) is 7.67. The van der Waals surface area contributed by atoms with Crippen LogP contribution in [0.4, 0.5) is 0 Å². The molecule has 5 nitrogen and oxygen atoms in total. The Bertz CT molecular complexity index is 147. The molecule has 0 amide bonds. The number of carbonyl (C=O) groups is 2. The van der Waals surface area contributed by atoms with Crippen LogP contribution in [0.15, 0.2) is 0 Å². The van der Waals surface area contributed by atoms with E-state index in [2.05, 4.69) is 4.74 Å². The van der Waals surface area contributed by atoms with Gasteiger partial charge in [-0.1, -0.05) is 23.2 Å². The van der Waals surface area contributed by atoms with E-state index >= 15 is 0 Å². The molecule has 0 saturated carbocycles. The number of ether oxygens (including phenoxy) is 1. The van der Waals surface area contributed by atoms with E-state index < -0.39 is 16.8 Å². The maximum Gasteiger partial charge on any atom is 0.337 e. The third kappa shape index (κ3) is 16.2. The molecule has 0 atom stereocenters. The molecule has 0 aliphatic heterocycles. The van der Waals surface area contributed by atoms with Crippen LogP contribution in [-0.4, -0.2) is 40.7 Å². The SMILES string of the molecule is COCC(=O)O.O=C(O)C(Cl)Cl. The topological polar surface area (TPSA) is 83.8 Å².